The lowest BCUT2D eigenvalue weighted by atomic mass is 9.85. The third-order valence-electron chi connectivity index (χ3n) is 4.32. The summed E-state index contributed by atoms with van der Waals surface area (Å²) >= 11 is 0. The zero-order valence-electron chi connectivity index (χ0n) is 11.8. The summed E-state index contributed by atoms with van der Waals surface area (Å²) < 4.78 is 27.3. The van der Waals surface area contributed by atoms with Gasteiger partial charge in [0.25, 0.3) is 0 Å². The summed E-state index contributed by atoms with van der Waals surface area (Å²) in [5.41, 5.74) is 1.18. The largest absolute Gasteiger partial charge is 0.328 e. The quantitative estimate of drug-likeness (QED) is 0.864. The van der Waals surface area contributed by atoms with Crippen molar-refractivity contribution in [3.63, 3.8) is 0 Å². The number of imidazole rings is 1. The third-order valence-corrected chi connectivity index (χ3v) is 5.01. The minimum Gasteiger partial charge on any atom is -0.328 e. The fraction of sp³-hybridized carbons (Fsp3) is 0.769. The van der Waals surface area contributed by atoms with Gasteiger partial charge in [0, 0.05) is 32.4 Å². The van der Waals surface area contributed by atoms with E-state index < -0.39 is 10.0 Å². The van der Waals surface area contributed by atoms with Crippen LogP contribution >= 0.6 is 0 Å². The molecule has 1 atom stereocenters. The van der Waals surface area contributed by atoms with Crippen molar-refractivity contribution in [2.45, 2.75) is 31.8 Å². The van der Waals surface area contributed by atoms with Gasteiger partial charge >= 0.3 is 0 Å². The van der Waals surface area contributed by atoms with Gasteiger partial charge in [-0.2, -0.15) is 0 Å². The van der Waals surface area contributed by atoms with Crippen LogP contribution in [0.15, 0.2) is 12.5 Å². The zero-order chi connectivity index (χ0) is 14.2. The molecular formula is C13H22N4O2S. The lowest BCUT2D eigenvalue weighted by Gasteiger charge is -2.38. The Morgan fingerprint density at radius 1 is 1.45 bits per heavy atom. The number of fused-ring (bicyclic) bond motifs is 1. The minimum atomic E-state index is -3.15. The number of nitrogens with zero attached hydrogens (tertiary/aromatic N) is 3. The average Bonchev–Trinajstić information content (AvgIpc) is 2.78. The van der Waals surface area contributed by atoms with Crippen molar-refractivity contribution in [1.29, 1.82) is 0 Å². The molecule has 0 bridgehead atoms. The Hall–Kier alpha value is -0.920. The molecule has 1 saturated carbocycles. The van der Waals surface area contributed by atoms with Crippen LogP contribution in [0.2, 0.25) is 0 Å². The highest BCUT2D eigenvalue weighted by Crippen LogP contribution is 2.29. The Balaban J connectivity index is 1.68. The number of hydrogen-bond acceptors (Lipinski definition) is 4. The van der Waals surface area contributed by atoms with E-state index in [9.17, 15) is 8.42 Å². The highest BCUT2D eigenvalue weighted by atomic mass is 32.2. The van der Waals surface area contributed by atoms with Crippen molar-refractivity contribution in [2.75, 3.05) is 25.9 Å². The molecule has 1 fully saturated rings. The van der Waals surface area contributed by atoms with Crippen LogP contribution in [0, 0.1) is 5.92 Å². The van der Waals surface area contributed by atoms with Crippen molar-refractivity contribution < 1.29 is 8.42 Å². The molecule has 1 N–H and O–H groups in total. The van der Waals surface area contributed by atoms with Crippen LogP contribution in [0.1, 0.15) is 31.0 Å². The summed E-state index contributed by atoms with van der Waals surface area (Å²) in [6.07, 6.45) is 8.93. The maximum absolute atomic E-state index is 11.3. The van der Waals surface area contributed by atoms with Crippen LogP contribution < -0.4 is 4.72 Å². The molecule has 1 aliphatic carbocycles. The third kappa shape index (κ3) is 3.21. The van der Waals surface area contributed by atoms with Gasteiger partial charge in [-0.3, -0.25) is 4.90 Å². The van der Waals surface area contributed by atoms with E-state index in [-0.39, 0.29) is 6.04 Å². The molecule has 1 aliphatic heterocycles. The predicted octanol–water partition coefficient (Wildman–Crippen LogP) is 0.589. The molecule has 0 spiro atoms. The molecule has 2 aliphatic rings. The van der Waals surface area contributed by atoms with E-state index in [2.05, 4.69) is 19.2 Å². The number of nitrogens with one attached hydrogen (secondary N) is 1. The second-order valence-electron chi connectivity index (χ2n) is 6.06. The molecule has 7 heteroatoms. The molecule has 112 valence electrons. The molecule has 1 aromatic heterocycles. The fourth-order valence-electron chi connectivity index (χ4n) is 3.05. The van der Waals surface area contributed by atoms with Gasteiger partial charge < -0.3 is 4.57 Å². The molecule has 0 saturated heterocycles. The normalized spacial score (nSPS) is 24.4. The first kappa shape index (κ1) is 14.0. The molecule has 20 heavy (non-hydrogen) atoms. The van der Waals surface area contributed by atoms with Crippen molar-refractivity contribution in [2.24, 2.45) is 5.92 Å². The molecule has 6 nitrogen and oxygen atoms in total. The molecule has 3 rings (SSSR count). The Morgan fingerprint density at radius 2 is 2.25 bits per heavy atom. The van der Waals surface area contributed by atoms with E-state index in [1.54, 1.807) is 0 Å². The summed E-state index contributed by atoms with van der Waals surface area (Å²) in [7, 11) is -3.15. The van der Waals surface area contributed by atoms with E-state index >= 15 is 0 Å². The van der Waals surface area contributed by atoms with Gasteiger partial charge in [0.15, 0.2) is 0 Å². The number of sulfonamides is 1. The van der Waals surface area contributed by atoms with Crippen LogP contribution in [0.25, 0.3) is 0 Å². The Labute approximate surface area is 120 Å². The monoisotopic (exact) mass is 298 g/mol. The summed E-state index contributed by atoms with van der Waals surface area (Å²) in [6.45, 7) is 3.37. The van der Waals surface area contributed by atoms with E-state index in [1.807, 2.05) is 12.5 Å². The lowest BCUT2D eigenvalue weighted by Crippen LogP contribution is -2.44. The van der Waals surface area contributed by atoms with Gasteiger partial charge in [-0.25, -0.2) is 18.1 Å². The van der Waals surface area contributed by atoms with Gasteiger partial charge in [-0.15, -0.1) is 0 Å². The first-order valence-electron chi connectivity index (χ1n) is 7.19. The van der Waals surface area contributed by atoms with E-state index in [0.29, 0.717) is 6.54 Å². The molecule has 1 aromatic rings. The minimum absolute atomic E-state index is 0.135. The second kappa shape index (κ2) is 5.46. The lowest BCUT2D eigenvalue weighted by molar-refractivity contribution is 0.130. The van der Waals surface area contributed by atoms with Crippen LogP contribution in [-0.2, 0) is 16.6 Å². The fourth-order valence-corrected chi connectivity index (χ4v) is 3.55. The Bertz CT molecular complexity index is 565. The van der Waals surface area contributed by atoms with Crippen LogP contribution in [-0.4, -0.2) is 48.8 Å². The summed E-state index contributed by atoms with van der Waals surface area (Å²) in [6, 6.07) is 0.135. The maximum Gasteiger partial charge on any atom is 0.208 e. The summed E-state index contributed by atoms with van der Waals surface area (Å²) in [4.78, 5) is 6.65. The van der Waals surface area contributed by atoms with Crippen LogP contribution in [0.3, 0.4) is 0 Å². The average molecular weight is 298 g/mol. The number of hydrogen-bond donors (Lipinski definition) is 1. The van der Waals surface area contributed by atoms with E-state index in [4.69, 9.17) is 0 Å². The van der Waals surface area contributed by atoms with Gasteiger partial charge in [0.1, 0.15) is 0 Å². The smallest absolute Gasteiger partial charge is 0.208 e. The van der Waals surface area contributed by atoms with Crippen molar-refractivity contribution >= 4 is 10.0 Å². The van der Waals surface area contributed by atoms with Crippen molar-refractivity contribution in [1.82, 2.24) is 19.2 Å². The van der Waals surface area contributed by atoms with E-state index in [1.165, 1.54) is 31.2 Å². The van der Waals surface area contributed by atoms with Crippen molar-refractivity contribution in [3.8, 4) is 0 Å². The van der Waals surface area contributed by atoms with Gasteiger partial charge in [0.05, 0.1) is 24.3 Å². The SMILES string of the molecule is CS(=O)(=O)NC[C@H]1CN(CC2CCC2)Cc2cncn21. The van der Waals surface area contributed by atoms with E-state index in [0.717, 1.165) is 25.6 Å². The van der Waals surface area contributed by atoms with Gasteiger partial charge in [0.2, 0.25) is 10.0 Å². The molecule has 0 radical (unpaired) electrons. The first-order valence-corrected chi connectivity index (χ1v) is 9.08. The van der Waals surface area contributed by atoms with Crippen LogP contribution in [0.5, 0.6) is 0 Å². The highest BCUT2D eigenvalue weighted by Gasteiger charge is 2.28. The second-order valence-corrected chi connectivity index (χ2v) is 7.89. The highest BCUT2D eigenvalue weighted by molar-refractivity contribution is 7.88. The number of aromatic nitrogens is 2. The molecule has 0 amide bonds. The summed E-state index contributed by atoms with van der Waals surface area (Å²) in [5.74, 6) is 0.827. The van der Waals surface area contributed by atoms with Gasteiger partial charge in [-0.1, -0.05) is 6.42 Å². The summed E-state index contributed by atoms with van der Waals surface area (Å²) in [5, 5.41) is 0. The van der Waals surface area contributed by atoms with Gasteiger partial charge in [-0.05, 0) is 18.8 Å². The molecular weight excluding hydrogens is 276 g/mol. The van der Waals surface area contributed by atoms with Crippen LogP contribution in [0.4, 0.5) is 0 Å². The molecule has 0 unspecified atom stereocenters. The topological polar surface area (TPSA) is 67.2 Å². The number of rotatable bonds is 5. The Morgan fingerprint density at radius 3 is 2.90 bits per heavy atom. The van der Waals surface area contributed by atoms with Crippen molar-refractivity contribution in [3.05, 3.63) is 18.2 Å². The molecule has 2 heterocycles. The predicted molar refractivity (Wildman–Crippen MR) is 76.7 cm³/mol. The maximum atomic E-state index is 11.3. The first-order chi connectivity index (χ1) is 9.51. The zero-order valence-corrected chi connectivity index (χ0v) is 12.6. The molecule has 0 aromatic carbocycles. The Kier molecular flexibility index (Phi) is 3.83. The standard InChI is InChI=1S/C13H22N4O2S/c1-20(18,19)15-6-13-9-16(7-11-3-2-4-11)8-12-5-14-10-17(12)13/h5,10-11,13,15H,2-4,6-9H2,1H3/t13-/m0/s1.